The fourth-order valence-electron chi connectivity index (χ4n) is 2.20. The van der Waals surface area contributed by atoms with E-state index in [1.807, 2.05) is 55.5 Å². The first-order valence-corrected chi connectivity index (χ1v) is 7.76. The predicted octanol–water partition coefficient (Wildman–Crippen LogP) is 3.48. The van der Waals surface area contributed by atoms with Crippen molar-refractivity contribution in [3.63, 3.8) is 0 Å². The molecule has 2 rings (SSSR count). The Hall–Kier alpha value is -2.49. The summed E-state index contributed by atoms with van der Waals surface area (Å²) in [7, 11) is 1.63. The average molecular weight is 313 g/mol. The van der Waals surface area contributed by atoms with Gasteiger partial charge in [0.05, 0.1) is 13.7 Å². The molecule has 0 unspecified atom stereocenters. The van der Waals surface area contributed by atoms with E-state index in [1.165, 1.54) is 5.56 Å². The minimum absolute atomic E-state index is 0.0284. The fourth-order valence-corrected chi connectivity index (χ4v) is 2.20. The second-order valence-corrected chi connectivity index (χ2v) is 5.40. The number of rotatable bonds is 8. The molecule has 2 aromatic carbocycles. The van der Waals surface area contributed by atoms with Gasteiger partial charge in [0.15, 0.2) is 0 Å². The number of amides is 1. The minimum Gasteiger partial charge on any atom is -0.497 e. The van der Waals surface area contributed by atoms with Crippen LogP contribution in [0.5, 0.6) is 11.5 Å². The Bertz CT molecular complexity index is 640. The molecule has 2 aromatic rings. The van der Waals surface area contributed by atoms with Crippen LogP contribution < -0.4 is 14.8 Å². The van der Waals surface area contributed by atoms with Gasteiger partial charge in [0.2, 0.25) is 5.91 Å². The van der Waals surface area contributed by atoms with Gasteiger partial charge in [-0.25, -0.2) is 0 Å². The van der Waals surface area contributed by atoms with Gasteiger partial charge < -0.3 is 14.8 Å². The van der Waals surface area contributed by atoms with Crippen molar-refractivity contribution < 1.29 is 14.3 Å². The highest BCUT2D eigenvalue weighted by Crippen LogP contribution is 2.13. The first kappa shape index (κ1) is 16.9. The number of ether oxygens (including phenoxy) is 2. The molecule has 4 heteroatoms. The molecule has 122 valence electrons. The average Bonchev–Trinajstić information content (AvgIpc) is 2.57. The summed E-state index contributed by atoms with van der Waals surface area (Å²) in [5.41, 5.74) is 2.19. The molecule has 0 heterocycles. The molecular formula is C19H23NO3. The molecule has 0 spiro atoms. The largest absolute Gasteiger partial charge is 0.497 e. The number of aryl methyl sites for hydroxylation is 1. The van der Waals surface area contributed by atoms with Crippen molar-refractivity contribution in [3.8, 4) is 11.5 Å². The summed E-state index contributed by atoms with van der Waals surface area (Å²) in [6, 6.07) is 15.6. The van der Waals surface area contributed by atoms with E-state index in [1.54, 1.807) is 7.11 Å². The smallest absolute Gasteiger partial charge is 0.220 e. The van der Waals surface area contributed by atoms with Gasteiger partial charge in [-0.1, -0.05) is 24.3 Å². The second kappa shape index (κ2) is 8.83. The van der Waals surface area contributed by atoms with Gasteiger partial charge in [0.25, 0.3) is 0 Å². The van der Waals surface area contributed by atoms with Gasteiger partial charge in [-0.2, -0.15) is 0 Å². The third-order valence-corrected chi connectivity index (χ3v) is 3.43. The molecular weight excluding hydrogens is 290 g/mol. The highest BCUT2D eigenvalue weighted by molar-refractivity contribution is 5.75. The van der Waals surface area contributed by atoms with Crippen LogP contribution in [0.2, 0.25) is 0 Å². The Morgan fingerprint density at radius 1 is 1.09 bits per heavy atom. The fraction of sp³-hybridized carbons (Fsp3) is 0.316. The molecule has 0 saturated heterocycles. The van der Waals surface area contributed by atoms with Crippen molar-refractivity contribution in [2.45, 2.75) is 26.3 Å². The number of hydrogen-bond acceptors (Lipinski definition) is 3. The van der Waals surface area contributed by atoms with E-state index in [2.05, 4.69) is 5.32 Å². The maximum Gasteiger partial charge on any atom is 0.220 e. The van der Waals surface area contributed by atoms with Gasteiger partial charge >= 0.3 is 0 Å². The molecule has 0 saturated carbocycles. The summed E-state index contributed by atoms with van der Waals surface area (Å²) in [5, 5.41) is 2.91. The standard InChI is InChI=1S/C19H23NO3/c1-15-6-3-9-18(12-15)23-11-5-10-19(21)20-14-16-7-4-8-17(13-16)22-2/h3-4,6-9,12-13H,5,10-11,14H2,1-2H3,(H,20,21). The Kier molecular flexibility index (Phi) is 6.48. The molecule has 1 N–H and O–H groups in total. The number of carbonyl (C=O) groups excluding carboxylic acids is 1. The van der Waals surface area contributed by atoms with Crippen LogP contribution in [0.4, 0.5) is 0 Å². The van der Waals surface area contributed by atoms with Crippen molar-refractivity contribution in [2.24, 2.45) is 0 Å². The molecule has 0 fully saturated rings. The van der Waals surface area contributed by atoms with Gasteiger partial charge in [-0.15, -0.1) is 0 Å². The highest BCUT2D eigenvalue weighted by atomic mass is 16.5. The van der Waals surface area contributed by atoms with E-state index in [4.69, 9.17) is 9.47 Å². The summed E-state index contributed by atoms with van der Waals surface area (Å²) in [5.74, 6) is 1.67. The molecule has 0 radical (unpaired) electrons. The number of hydrogen-bond donors (Lipinski definition) is 1. The summed E-state index contributed by atoms with van der Waals surface area (Å²) >= 11 is 0. The zero-order chi connectivity index (χ0) is 16.5. The van der Waals surface area contributed by atoms with Crippen LogP contribution in [0.1, 0.15) is 24.0 Å². The second-order valence-electron chi connectivity index (χ2n) is 5.40. The Morgan fingerprint density at radius 3 is 2.65 bits per heavy atom. The Morgan fingerprint density at radius 2 is 1.87 bits per heavy atom. The van der Waals surface area contributed by atoms with Crippen LogP contribution >= 0.6 is 0 Å². The third kappa shape index (κ3) is 6.02. The molecule has 1 amide bonds. The minimum atomic E-state index is 0.0284. The Balaban J connectivity index is 1.65. The van der Waals surface area contributed by atoms with E-state index >= 15 is 0 Å². The number of benzene rings is 2. The van der Waals surface area contributed by atoms with Crippen LogP contribution in [0.15, 0.2) is 48.5 Å². The van der Waals surface area contributed by atoms with Crippen LogP contribution in [0, 0.1) is 6.92 Å². The predicted molar refractivity (Wildman–Crippen MR) is 90.7 cm³/mol. The van der Waals surface area contributed by atoms with Crippen LogP contribution in [-0.4, -0.2) is 19.6 Å². The lowest BCUT2D eigenvalue weighted by Crippen LogP contribution is -2.22. The first-order chi connectivity index (χ1) is 11.2. The number of nitrogens with one attached hydrogen (secondary N) is 1. The summed E-state index contributed by atoms with van der Waals surface area (Å²) < 4.78 is 10.8. The van der Waals surface area contributed by atoms with Crippen LogP contribution in [-0.2, 0) is 11.3 Å². The highest BCUT2D eigenvalue weighted by Gasteiger charge is 2.03. The molecule has 0 aliphatic carbocycles. The molecule has 0 atom stereocenters. The van der Waals surface area contributed by atoms with E-state index in [0.717, 1.165) is 17.1 Å². The van der Waals surface area contributed by atoms with Crippen molar-refractivity contribution >= 4 is 5.91 Å². The van der Waals surface area contributed by atoms with Gasteiger partial charge in [0.1, 0.15) is 11.5 Å². The molecule has 0 aliphatic heterocycles. The zero-order valence-electron chi connectivity index (χ0n) is 13.7. The lowest BCUT2D eigenvalue weighted by Gasteiger charge is -2.08. The third-order valence-electron chi connectivity index (χ3n) is 3.43. The van der Waals surface area contributed by atoms with Crippen molar-refractivity contribution in [3.05, 3.63) is 59.7 Å². The molecule has 23 heavy (non-hydrogen) atoms. The topological polar surface area (TPSA) is 47.6 Å². The van der Waals surface area contributed by atoms with E-state index < -0.39 is 0 Å². The van der Waals surface area contributed by atoms with E-state index in [9.17, 15) is 4.79 Å². The van der Waals surface area contributed by atoms with E-state index in [0.29, 0.717) is 26.0 Å². The number of carbonyl (C=O) groups is 1. The SMILES string of the molecule is COc1cccc(CNC(=O)CCCOc2cccc(C)c2)c1. The van der Waals surface area contributed by atoms with Crippen molar-refractivity contribution in [2.75, 3.05) is 13.7 Å². The molecule has 0 aliphatic rings. The van der Waals surface area contributed by atoms with Crippen molar-refractivity contribution in [1.29, 1.82) is 0 Å². The maximum atomic E-state index is 11.8. The maximum absolute atomic E-state index is 11.8. The molecule has 0 aromatic heterocycles. The first-order valence-electron chi connectivity index (χ1n) is 7.76. The zero-order valence-corrected chi connectivity index (χ0v) is 13.7. The van der Waals surface area contributed by atoms with Gasteiger partial charge in [0, 0.05) is 13.0 Å². The van der Waals surface area contributed by atoms with Crippen LogP contribution in [0.25, 0.3) is 0 Å². The monoisotopic (exact) mass is 313 g/mol. The molecule has 4 nitrogen and oxygen atoms in total. The van der Waals surface area contributed by atoms with Gasteiger partial charge in [-0.3, -0.25) is 4.79 Å². The number of methoxy groups -OCH3 is 1. The molecule has 0 bridgehead atoms. The Labute approximate surface area is 137 Å². The quantitative estimate of drug-likeness (QED) is 0.759. The summed E-state index contributed by atoms with van der Waals surface area (Å²) in [6.45, 7) is 3.07. The summed E-state index contributed by atoms with van der Waals surface area (Å²) in [4.78, 5) is 11.8. The van der Waals surface area contributed by atoms with E-state index in [-0.39, 0.29) is 5.91 Å². The van der Waals surface area contributed by atoms with Gasteiger partial charge in [-0.05, 0) is 48.7 Å². The lowest BCUT2D eigenvalue weighted by molar-refractivity contribution is -0.121. The lowest BCUT2D eigenvalue weighted by atomic mass is 10.2. The van der Waals surface area contributed by atoms with Crippen LogP contribution in [0.3, 0.4) is 0 Å². The normalized spacial score (nSPS) is 10.2. The summed E-state index contributed by atoms with van der Waals surface area (Å²) in [6.07, 6.45) is 1.15. The van der Waals surface area contributed by atoms with Crippen molar-refractivity contribution in [1.82, 2.24) is 5.32 Å².